The number of alkyl halides is 1. The number of hydrogen-bond acceptors (Lipinski definition) is 5. The lowest BCUT2D eigenvalue weighted by Gasteiger charge is -2.17. The second-order valence-corrected chi connectivity index (χ2v) is 9.21. The first kappa shape index (κ1) is 24.1. The molecule has 2 saturated heterocycles. The van der Waals surface area contributed by atoms with Crippen LogP contribution in [-0.2, 0) is 14.8 Å². The Hall–Kier alpha value is -1.22. The smallest absolute Gasteiger partial charge is 0.243 e. The van der Waals surface area contributed by atoms with Crippen LogP contribution in [0.25, 0.3) is 0 Å². The molecule has 3 atom stereocenters. The van der Waals surface area contributed by atoms with Gasteiger partial charge in [0.15, 0.2) is 0 Å². The maximum absolute atomic E-state index is 12.8. The standard InChI is InChI=1S/C15H20FNO3S.C4H9NO.C2H6.2H2/c1-11(16)20-14-5-7-15(8-6-14)21(18,19)17-9-12-3-2-4-13(12)10-17;1-3-6-4-2-5-1;1-2;;/h5-8,11-13H,2-4,9-10H2,1H3;5H,1-4H2;1-2H3;2*1H. The molecule has 1 N–H and O–H groups in total. The van der Waals surface area contributed by atoms with Gasteiger partial charge in [0, 0.05) is 36.0 Å². The Labute approximate surface area is 177 Å². The Balaban J connectivity index is 0.000000772. The molecule has 2 heterocycles. The number of hydrogen-bond donors (Lipinski definition) is 1. The van der Waals surface area contributed by atoms with E-state index in [9.17, 15) is 12.8 Å². The molecule has 1 aromatic carbocycles. The summed E-state index contributed by atoms with van der Waals surface area (Å²) in [6.07, 6.45) is 2.08. The lowest BCUT2D eigenvalue weighted by molar-refractivity contribution is 0.0860. The number of nitrogens with zero attached hydrogens (tertiary/aromatic N) is 1. The Morgan fingerprint density at radius 1 is 1.14 bits per heavy atom. The Bertz CT molecular complexity index is 680. The summed E-state index contributed by atoms with van der Waals surface area (Å²) >= 11 is 0. The Kier molecular flexibility index (Phi) is 9.82. The number of fused-ring (bicyclic) bond motifs is 1. The first-order valence-corrected chi connectivity index (χ1v) is 12.1. The van der Waals surface area contributed by atoms with Crippen LogP contribution in [0.3, 0.4) is 0 Å². The van der Waals surface area contributed by atoms with Gasteiger partial charge in [-0.15, -0.1) is 0 Å². The van der Waals surface area contributed by atoms with Gasteiger partial charge in [0.05, 0.1) is 18.1 Å². The van der Waals surface area contributed by atoms with Crippen LogP contribution in [0, 0.1) is 11.8 Å². The van der Waals surface area contributed by atoms with E-state index in [2.05, 4.69) is 5.32 Å². The quantitative estimate of drug-likeness (QED) is 0.778. The predicted octanol–water partition coefficient (Wildman–Crippen LogP) is 3.93. The molecule has 4 rings (SSSR count). The van der Waals surface area contributed by atoms with Gasteiger partial charge >= 0.3 is 0 Å². The summed E-state index contributed by atoms with van der Waals surface area (Å²) in [4.78, 5) is 0.251. The Morgan fingerprint density at radius 2 is 1.69 bits per heavy atom. The average Bonchev–Trinajstić information content (AvgIpc) is 3.34. The fraction of sp³-hybridized carbons (Fsp3) is 0.714. The van der Waals surface area contributed by atoms with E-state index in [4.69, 9.17) is 9.47 Å². The summed E-state index contributed by atoms with van der Waals surface area (Å²) < 4.78 is 49.5. The lowest BCUT2D eigenvalue weighted by Crippen LogP contribution is -2.30. The second-order valence-electron chi connectivity index (χ2n) is 7.27. The molecule has 0 aromatic heterocycles. The Morgan fingerprint density at radius 3 is 2.10 bits per heavy atom. The van der Waals surface area contributed by atoms with Crippen LogP contribution in [0.1, 0.15) is 42.9 Å². The first-order chi connectivity index (χ1) is 14.0. The summed E-state index contributed by atoms with van der Waals surface area (Å²) in [5.74, 6) is 1.38. The molecule has 0 amide bonds. The first-order valence-electron chi connectivity index (χ1n) is 10.7. The number of benzene rings is 1. The van der Waals surface area contributed by atoms with Crippen LogP contribution in [0.4, 0.5) is 4.39 Å². The van der Waals surface area contributed by atoms with E-state index in [0.717, 1.165) is 39.1 Å². The molecule has 3 fully saturated rings. The lowest BCUT2D eigenvalue weighted by atomic mass is 10.0. The minimum atomic E-state index is -3.44. The molecular weight excluding hydrogens is 395 g/mol. The minimum Gasteiger partial charge on any atom is -0.461 e. The number of sulfonamides is 1. The third kappa shape index (κ3) is 6.91. The van der Waals surface area contributed by atoms with Crippen LogP contribution < -0.4 is 10.1 Å². The number of rotatable bonds is 4. The molecule has 1 aromatic rings. The number of nitrogens with one attached hydrogen (secondary N) is 1. The zero-order valence-electron chi connectivity index (χ0n) is 17.8. The summed E-state index contributed by atoms with van der Waals surface area (Å²) in [7, 11) is -3.44. The van der Waals surface area contributed by atoms with Gasteiger partial charge in [-0.25, -0.2) is 12.8 Å². The molecule has 170 valence electrons. The van der Waals surface area contributed by atoms with Gasteiger partial charge in [-0.2, -0.15) is 4.31 Å². The topological polar surface area (TPSA) is 67.9 Å². The molecule has 2 aliphatic heterocycles. The van der Waals surface area contributed by atoms with E-state index >= 15 is 0 Å². The zero-order chi connectivity index (χ0) is 21.3. The van der Waals surface area contributed by atoms with Crippen molar-refractivity contribution in [3.8, 4) is 5.75 Å². The molecule has 1 aliphatic carbocycles. The third-order valence-electron chi connectivity index (χ3n) is 5.30. The van der Waals surface area contributed by atoms with Crippen molar-refractivity contribution in [2.75, 3.05) is 39.4 Å². The molecule has 6 nitrogen and oxygen atoms in total. The van der Waals surface area contributed by atoms with Crippen molar-refractivity contribution in [3.05, 3.63) is 24.3 Å². The monoisotopic (exact) mass is 434 g/mol. The highest BCUT2D eigenvalue weighted by Gasteiger charge is 2.41. The van der Waals surface area contributed by atoms with E-state index < -0.39 is 16.4 Å². The average molecular weight is 435 g/mol. The summed E-state index contributed by atoms with van der Waals surface area (Å²) in [5.41, 5.74) is 0. The van der Waals surface area contributed by atoms with Gasteiger partial charge in [-0.05, 0) is 48.9 Å². The molecule has 3 unspecified atom stereocenters. The molecular formula is C21H39FN2O4S. The van der Waals surface area contributed by atoms with E-state index in [-0.39, 0.29) is 7.75 Å². The predicted molar refractivity (Wildman–Crippen MR) is 116 cm³/mol. The van der Waals surface area contributed by atoms with Crippen molar-refractivity contribution in [3.63, 3.8) is 0 Å². The number of morpholine rings is 1. The van der Waals surface area contributed by atoms with Crippen molar-refractivity contribution >= 4 is 10.0 Å². The summed E-state index contributed by atoms with van der Waals surface area (Å²) in [6.45, 7) is 10.4. The largest absolute Gasteiger partial charge is 0.461 e. The fourth-order valence-electron chi connectivity index (χ4n) is 3.93. The van der Waals surface area contributed by atoms with E-state index in [1.165, 1.54) is 37.6 Å². The van der Waals surface area contributed by atoms with Crippen molar-refractivity contribution < 1.29 is 25.1 Å². The molecule has 29 heavy (non-hydrogen) atoms. The fourth-order valence-corrected chi connectivity index (χ4v) is 5.48. The highest BCUT2D eigenvalue weighted by molar-refractivity contribution is 7.89. The molecule has 3 aliphatic rings. The third-order valence-corrected chi connectivity index (χ3v) is 7.14. The van der Waals surface area contributed by atoms with E-state index in [1.807, 2.05) is 13.8 Å². The van der Waals surface area contributed by atoms with Crippen molar-refractivity contribution in [2.45, 2.75) is 51.3 Å². The van der Waals surface area contributed by atoms with Gasteiger partial charge < -0.3 is 14.8 Å². The molecule has 0 radical (unpaired) electrons. The molecule has 0 bridgehead atoms. The molecule has 1 saturated carbocycles. The highest BCUT2D eigenvalue weighted by atomic mass is 32.2. The van der Waals surface area contributed by atoms with Gasteiger partial charge in [0.25, 0.3) is 0 Å². The van der Waals surface area contributed by atoms with Crippen molar-refractivity contribution in [1.82, 2.24) is 9.62 Å². The van der Waals surface area contributed by atoms with E-state index in [1.54, 1.807) is 4.31 Å². The van der Waals surface area contributed by atoms with Gasteiger partial charge in [0.1, 0.15) is 5.75 Å². The normalized spacial score (nSPS) is 25.1. The number of halogens is 1. The second kappa shape index (κ2) is 11.8. The minimum absolute atomic E-state index is 0. The van der Waals surface area contributed by atoms with Crippen LogP contribution in [0.15, 0.2) is 29.2 Å². The zero-order valence-corrected chi connectivity index (χ0v) is 18.6. The molecule has 0 spiro atoms. The SMILES string of the molecule is C1COCCN1.CC.CC(F)Oc1ccc(S(=O)(=O)N2CC3CCCC3C2)cc1.[HH].[HH]. The van der Waals surface area contributed by atoms with Gasteiger partial charge in [-0.3, -0.25) is 0 Å². The maximum atomic E-state index is 12.8. The van der Waals surface area contributed by atoms with Crippen LogP contribution >= 0.6 is 0 Å². The summed E-state index contributed by atoms with van der Waals surface area (Å²) in [5, 5.41) is 3.16. The van der Waals surface area contributed by atoms with E-state index in [0.29, 0.717) is 30.7 Å². The summed E-state index contributed by atoms with van der Waals surface area (Å²) in [6, 6.07) is 5.97. The van der Waals surface area contributed by atoms with Crippen LogP contribution in [-0.4, -0.2) is 58.5 Å². The van der Waals surface area contributed by atoms with Crippen LogP contribution in [0.5, 0.6) is 5.75 Å². The van der Waals surface area contributed by atoms with Gasteiger partial charge in [-0.1, -0.05) is 20.3 Å². The van der Waals surface area contributed by atoms with Gasteiger partial charge in [0.2, 0.25) is 16.4 Å². The van der Waals surface area contributed by atoms with Crippen molar-refractivity contribution in [1.29, 1.82) is 0 Å². The van der Waals surface area contributed by atoms with Crippen molar-refractivity contribution in [2.24, 2.45) is 11.8 Å². The molecule has 8 heteroatoms. The van der Waals surface area contributed by atoms with Crippen LogP contribution in [0.2, 0.25) is 0 Å². The maximum Gasteiger partial charge on any atom is 0.243 e. The highest BCUT2D eigenvalue weighted by Crippen LogP contribution is 2.39. The number of ether oxygens (including phenoxy) is 2.